The van der Waals surface area contributed by atoms with Crippen LogP contribution in [0, 0.1) is 5.82 Å². The van der Waals surface area contributed by atoms with E-state index in [2.05, 4.69) is 9.97 Å². The minimum Gasteiger partial charge on any atom is -0.436 e. The van der Waals surface area contributed by atoms with Gasteiger partial charge < -0.3 is 4.74 Å². The Bertz CT molecular complexity index is 1530. The molecule has 1 aliphatic rings. The Morgan fingerprint density at radius 1 is 1.17 bits per heavy atom. The van der Waals surface area contributed by atoms with E-state index in [1.54, 1.807) is 23.9 Å². The van der Waals surface area contributed by atoms with Crippen molar-refractivity contribution in [1.82, 2.24) is 9.97 Å². The number of benzene rings is 3. The summed E-state index contributed by atoms with van der Waals surface area (Å²) in [6, 6.07) is 18.8. The fourth-order valence-electron chi connectivity index (χ4n) is 3.59. The number of aromatic nitrogens is 2. The zero-order valence-corrected chi connectivity index (χ0v) is 21.3. The summed E-state index contributed by atoms with van der Waals surface area (Å²) >= 11 is 14.2. The molecular formula is C25H15ClFN3O2S3. The number of carbonyl (C=O) groups is 1. The topological polar surface area (TPSA) is 55.3 Å². The molecule has 35 heavy (non-hydrogen) atoms. The van der Waals surface area contributed by atoms with Crippen LogP contribution in [0.1, 0.15) is 5.56 Å². The third kappa shape index (κ3) is 4.77. The molecule has 0 radical (unpaired) electrons. The van der Waals surface area contributed by atoms with Crippen LogP contribution in [0.5, 0.6) is 11.6 Å². The number of fused-ring (bicyclic) bond motifs is 1. The van der Waals surface area contributed by atoms with Crippen molar-refractivity contribution in [3.05, 3.63) is 88.4 Å². The van der Waals surface area contributed by atoms with Crippen molar-refractivity contribution in [3.8, 4) is 11.6 Å². The maximum Gasteiger partial charge on any atom is 0.270 e. The van der Waals surface area contributed by atoms with Gasteiger partial charge in [-0.15, -0.1) is 11.8 Å². The molecule has 1 fully saturated rings. The van der Waals surface area contributed by atoms with E-state index >= 15 is 0 Å². The van der Waals surface area contributed by atoms with Gasteiger partial charge in [-0.3, -0.25) is 9.69 Å². The van der Waals surface area contributed by atoms with Crippen LogP contribution < -0.4 is 9.64 Å². The average Bonchev–Trinajstić information content (AvgIpc) is 3.15. The fourth-order valence-corrected chi connectivity index (χ4v) is 5.45. The Morgan fingerprint density at radius 3 is 2.83 bits per heavy atom. The average molecular weight is 540 g/mol. The first-order valence-corrected chi connectivity index (χ1v) is 13.1. The number of rotatable bonds is 5. The van der Waals surface area contributed by atoms with Crippen LogP contribution in [-0.2, 0) is 4.79 Å². The number of anilines is 1. The fraction of sp³-hybridized carbons (Fsp3) is 0.0400. The third-order valence-corrected chi connectivity index (χ3v) is 7.41. The van der Waals surface area contributed by atoms with Crippen molar-refractivity contribution in [3.63, 3.8) is 0 Å². The highest BCUT2D eigenvalue weighted by Crippen LogP contribution is 2.40. The lowest BCUT2D eigenvalue weighted by Gasteiger charge is -2.15. The Kier molecular flexibility index (Phi) is 6.75. The molecule has 174 valence electrons. The molecule has 5 rings (SSSR count). The summed E-state index contributed by atoms with van der Waals surface area (Å²) in [5, 5.41) is 1.60. The molecule has 1 aromatic heterocycles. The zero-order chi connectivity index (χ0) is 24.5. The third-order valence-electron chi connectivity index (χ3n) is 5.20. The van der Waals surface area contributed by atoms with Crippen molar-refractivity contribution in [1.29, 1.82) is 0 Å². The molecule has 1 aliphatic heterocycles. The molecule has 4 aromatic rings. The van der Waals surface area contributed by atoms with Crippen molar-refractivity contribution >= 4 is 80.1 Å². The van der Waals surface area contributed by atoms with Gasteiger partial charge in [0.05, 0.1) is 16.8 Å². The second-order valence-corrected chi connectivity index (χ2v) is 10.2. The summed E-state index contributed by atoms with van der Waals surface area (Å²) in [7, 11) is 0. The second-order valence-electron chi connectivity index (χ2n) is 7.31. The Hall–Kier alpha value is -2.98. The number of thioether (sulfide) groups is 2. The van der Waals surface area contributed by atoms with Crippen LogP contribution >= 0.6 is 47.3 Å². The number of amides is 1. The summed E-state index contributed by atoms with van der Waals surface area (Å²) in [5.74, 6) is -0.995. The summed E-state index contributed by atoms with van der Waals surface area (Å²) in [5.41, 5.74) is 1.30. The zero-order valence-electron chi connectivity index (χ0n) is 18.1. The molecule has 0 N–H and O–H groups in total. The number of ether oxygens (including phenoxy) is 1. The predicted molar refractivity (Wildman–Crippen MR) is 145 cm³/mol. The smallest absolute Gasteiger partial charge is 0.270 e. The van der Waals surface area contributed by atoms with Gasteiger partial charge in [0.25, 0.3) is 11.8 Å². The largest absolute Gasteiger partial charge is 0.436 e. The lowest BCUT2D eigenvalue weighted by Crippen LogP contribution is -2.27. The highest BCUT2D eigenvalue weighted by atomic mass is 35.5. The number of thiocarbonyl (C=S) groups is 1. The van der Waals surface area contributed by atoms with Gasteiger partial charge in [-0.05, 0) is 59.0 Å². The molecule has 0 unspecified atom stereocenters. The lowest BCUT2D eigenvalue weighted by atomic mass is 10.0. The maximum atomic E-state index is 14.3. The van der Waals surface area contributed by atoms with E-state index < -0.39 is 5.82 Å². The first kappa shape index (κ1) is 23.7. The molecular weight excluding hydrogens is 525 g/mol. The molecule has 2 heterocycles. The molecule has 0 spiro atoms. The van der Waals surface area contributed by atoms with Crippen LogP contribution in [0.4, 0.5) is 10.1 Å². The summed E-state index contributed by atoms with van der Waals surface area (Å²) in [6.07, 6.45) is 4.63. The van der Waals surface area contributed by atoms with Gasteiger partial charge in [0.2, 0.25) is 11.1 Å². The van der Waals surface area contributed by atoms with E-state index in [0.717, 1.165) is 21.9 Å². The van der Waals surface area contributed by atoms with E-state index in [4.69, 9.17) is 28.6 Å². The van der Waals surface area contributed by atoms with E-state index in [1.807, 2.05) is 60.9 Å². The van der Waals surface area contributed by atoms with Crippen LogP contribution in [0.25, 0.3) is 16.8 Å². The molecule has 0 atom stereocenters. The van der Waals surface area contributed by atoms with E-state index in [-0.39, 0.29) is 17.1 Å². The van der Waals surface area contributed by atoms with Gasteiger partial charge in [0.15, 0.2) is 4.32 Å². The standard InChI is InChI=1S/C25H15ClFN3O2S3/c1-34-16-7-4-6-15(11-16)30-23(31)21(35-25(30)33)12-18-17-8-3-2-5-14(17)9-10-20(18)32-22-19(27)13-28-24(26)29-22/h2-13H,1H3/b21-12+. The van der Waals surface area contributed by atoms with E-state index in [0.29, 0.717) is 26.2 Å². The molecule has 10 heteroatoms. The number of hydrogen-bond donors (Lipinski definition) is 0. The summed E-state index contributed by atoms with van der Waals surface area (Å²) < 4.78 is 20.6. The van der Waals surface area contributed by atoms with E-state index in [9.17, 15) is 9.18 Å². The highest BCUT2D eigenvalue weighted by Gasteiger charge is 2.34. The minimum atomic E-state index is -0.756. The van der Waals surface area contributed by atoms with Crippen molar-refractivity contribution < 1.29 is 13.9 Å². The molecule has 1 saturated heterocycles. The maximum absolute atomic E-state index is 14.3. The monoisotopic (exact) mass is 539 g/mol. The highest BCUT2D eigenvalue weighted by molar-refractivity contribution is 8.27. The molecule has 0 bridgehead atoms. The first-order chi connectivity index (χ1) is 16.9. The predicted octanol–water partition coefficient (Wildman–Crippen LogP) is 7.34. The molecule has 5 nitrogen and oxygen atoms in total. The molecule has 0 saturated carbocycles. The Balaban J connectivity index is 1.60. The number of nitrogens with zero attached hydrogens (tertiary/aromatic N) is 3. The van der Waals surface area contributed by atoms with Crippen LogP contribution in [0.15, 0.2) is 76.7 Å². The normalized spacial score (nSPS) is 14.8. The van der Waals surface area contributed by atoms with Gasteiger partial charge in [-0.25, -0.2) is 4.98 Å². The van der Waals surface area contributed by atoms with Crippen molar-refractivity contribution in [2.24, 2.45) is 0 Å². The van der Waals surface area contributed by atoms with Gasteiger partial charge in [0, 0.05) is 10.5 Å². The van der Waals surface area contributed by atoms with Crippen LogP contribution in [-0.4, -0.2) is 26.5 Å². The van der Waals surface area contributed by atoms with Crippen LogP contribution in [0.2, 0.25) is 5.28 Å². The Morgan fingerprint density at radius 2 is 2.00 bits per heavy atom. The van der Waals surface area contributed by atoms with Crippen LogP contribution in [0.3, 0.4) is 0 Å². The molecule has 3 aromatic carbocycles. The number of carbonyl (C=O) groups excluding carboxylic acids is 1. The first-order valence-electron chi connectivity index (χ1n) is 10.2. The number of hydrogen-bond acceptors (Lipinski definition) is 7. The van der Waals surface area contributed by atoms with Gasteiger partial charge in [0.1, 0.15) is 5.75 Å². The van der Waals surface area contributed by atoms with Crippen molar-refractivity contribution in [2.75, 3.05) is 11.2 Å². The Labute approximate surface area is 219 Å². The molecule has 0 aliphatic carbocycles. The quantitative estimate of drug-likeness (QED) is 0.114. The molecule has 1 amide bonds. The lowest BCUT2D eigenvalue weighted by molar-refractivity contribution is -0.113. The number of halogens is 2. The SMILES string of the molecule is CSc1cccc(N2C(=O)/C(=C\c3c(Oc4nc(Cl)ncc4F)ccc4ccccc34)SC2=S)c1. The van der Waals surface area contributed by atoms with Gasteiger partial charge >= 0.3 is 0 Å². The summed E-state index contributed by atoms with van der Waals surface area (Å²) in [6.45, 7) is 0. The van der Waals surface area contributed by atoms with E-state index in [1.165, 1.54) is 16.7 Å². The van der Waals surface area contributed by atoms with Gasteiger partial charge in [-0.1, -0.05) is 60.4 Å². The van der Waals surface area contributed by atoms with Gasteiger partial charge in [-0.2, -0.15) is 9.37 Å². The minimum absolute atomic E-state index is 0.142. The summed E-state index contributed by atoms with van der Waals surface area (Å²) in [4.78, 5) is 23.9. The van der Waals surface area contributed by atoms with Crippen molar-refractivity contribution in [2.45, 2.75) is 4.90 Å². The second kappa shape index (κ2) is 9.94.